The Balaban J connectivity index is 2.73. The normalized spacial score (nSPS) is 12.6. The first-order valence-corrected chi connectivity index (χ1v) is 4.22. The molecule has 84 valence electrons. The summed E-state index contributed by atoms with van der Waals surface area (Å²) < 4.78 is 38.1. The van der Waals surface area contributed by atoms with Crippen LogP contribution in [0.3, 0.4) is 0 Å². The Bertz CT molecular complexity index is 346. The molecule has 1 atom stereocenters. The first-order chi connectivity index (χ1) is 7.04. The molecule has 0 aliphatic rings. The van der Waals surface area contributed by atoms with Gasteiger partial charge in [-0.3, -0.25) is 0 Å². The maximum absolute atomic E-state index is 13.0. The number of hydrogen-bond donors (Lipinski definition) is 3. The highest BCUT2D eigenvalue weighted by Crippen LogP contribution is 2.18. The molecule has 0 saturated heterocycles. The molecule has 1 rings (SSSR count). The van der Waals surface area contributed by atoms with E-state index in [-0.39, 0.29) is 12.2 Å². The summed E-state index contributed by atoms with van der Waals surface area (Å²) in [6.45, 7) is -0.656. The molecule has 1 aromatic rings. The second-order valence-corrected chi connectivity index (χ2v) is 2.96. The minimum atomic E-state index is -1.28. The second kappa shape index (κ2) is 4.99. The summed E-state index contributed by atoms with van der Waals surface area (Å²) in [5, 5.41) is 19.7. The zero-order valence-electron chi connectivity index (χ0n) is 7.67. The van der Waals surface area contributed by atoms with E-state index in [9.17, 15) is 13.2 Å². The van der Waals surface area contributed by atoms with Gasteiger partial charge in [0.05, 0.1) is 18.4 Å². The van der Waals surface area contributed by atoms with Crippen molar-refractivity contribution in [1.29, 1.82) is 0 Å². The average molecular weight is 221 g/mol. The Hall–Kier alpha value is -1.27. The Morgan fingerprint density at radius 2 is 1.73 bits per heavy atom. The van der Waals surface area contributed by atoms with Gasteiger partial charge in [0, 0.05) is 18.7 Å². The lowest BCUT2D eigenvalue weighted by atomic mass is 10.2. The molecule has 0 heterocycles. The van der Waals surface area contributed by atoms with E-state index in [1.54, 1.807) is 0 Å². The Kier molecular flexibility index (Phi) is 3.93. The minimum Gasteiger partial charge on any atom is -0.394 e. The van der Waals surface area contributed by atoms with E-state index in [1.165, 1.54) is 0 Å². The summed E-state index contributed by atoms with van der Waals surface area (Å²) in [5.74, 6) is -3.42. The van der Waals surface area contributed by atoms with Crippen LogP contribution in [0.15, 0.2) is 12.1 Å². The van der Waals surface area contributed by atoms with E-state index in [2.05, 4.69) is 5.32 Å². The standard InChI is InChI=1S/C9H10F3NO2/c10-6-1-8(12)9(2-7(6)11)13-3-5(15)4-14/h1-2,5,13-15H,3-4H2/t5-/m0/s1. The van der Waals surface area contributed by atoms with Crippen LogP contribution in [0.4, 0.5) is 18.9 Å². The molecule has 0 radical (unpaired) electrons. The maximum atomic E-state index is 13.0. The van der Waals surface area contributed by atoms with Crippen molar-refractivity contribution in [2.24, 2.45) is 0 Å². The lowest BCUT2D eigenvalue weighted by Crippen LogP contribution is -2.23. The Morgan fingerprint density at radius 1 is 1.13 bits per heavy atom. The fraction of sp³-hybridized carbons (Fsp3) is 0.333. The average Bonchev–Trinajstić information content (AvgIpc) is 2.21. The molecular formula is C9H10F3NO2. The zero-order valence-corrected chi connectivity index (χ0v) is 7.67. The van der Waals surface area contributed by atoms with Crippen molar-refractivity contribution in [3.05, 3.63) is 29.6 Å². The topological polar surface area (TPSA) is 52.5 Å². The van der Waals surface area contributed by atoms with Crippen LogP contribution in [-0.2, 0) is 0 Å². The third kappa shape index (κ3) is 3.10. The fourth-order valence-electron chi connectivity index (χ4n) is 0.950. The molecule has 0 amide bonds. The van der Waals surface area contributed by atoms with Crippen molar-refractivity contribution < 1.29 is 23.4 Å². The molecule has 0 aliphatic carbocycles. The molecular weight excluding hydrogens is 211 g/mol. The van der Waals surface area contributed by atoms with E-state index in [0.717, 1.165) is 0 Å². The van der Waals surface area contributed by atoms with Gasteiger partial charge in [-0.2, -0.15) is 0 Å². The van der Waals surface area contributed by atoms with Crippen molar-refractivity contribution in [1.82, 2.24) is 0 Å². The smallest absolute Gasteiger partial charge is 0.161 e. The zero-order chi connectivity index (χ0) is 11.4. The fourth-order valence-corrected chi connectivity index (χ4v) is 0.950. The van der Waals surface area contributed by atoms with Crippen LogP contribution >= 0.6 is 0 Å². The molecule has 0 fully saturated rings. The van der Waals surface area contributed by atoms with Gasteiger partial charge in [-0.25, -0.2) is 13.2 Å². The van der Waals surface area contributed by atoms with Crippen LogP contribution in [0.25, 0.3) is 0 Å². The first kappa shape index (κ1) is 11.8. The quantitative estimate of drug-likeness (QED) is 0.661. The van der Waals surface area contributed by atoms with Gasteiger partial charge in [-0.1, -0.05) is 0 Å². The summed E-state index contributed by atoms with van der Waals surface area (Å²) in [5.41, 5.74) is -0.263. The molecule has 0 unspecified atom stereocenters. The number of nitrogens with one attached hydrogen (secondary N) is 1. The highest BCUT2D eigenvalue weighted by molar-refractivity contribution is 5.45. The van der Waals surface area contributed by atoms with E-state index in [1.807, 2.05) is 0 Å². The number of anilines is 1. The van der Waals surface area contributed by atoms with Gasteiger partial charge in [-0.05, 0) is 0 Å². The van der Waals surface area contributed by atoms with E-state index in [4.69, 9.17) is 10.2 Å². The number of rotatable bonds is 4. The number of aliphatic hydroxyl groups is 2. The predicted octanol–water partition coefficient (Wildman–Crippen LogP) is 0.869. The highest BCUT2D eigenvalue weighted by Gasteiger charge is 2.10. The van der Waals surface area contributed by atoms with Crippen LogP contribution in [0.2, 0.25) is 0 Å². The van der Waals surface area contributed by atoms with Crippen LogP contribution in [-0.4, -0.2) is 29.5 Å². The number of hydrogen-bond acceptors (Lipinski definition) is 3. The SMILES string of the molecule is OC[C@@H](O)CNc1cc(F)c(F)cc1F. The molecule has 15 heavy (non-hydrogen) atoms. The van der Waals surface area contributed by atoms with Crippen molar-refractivity contribution in [2.45, 2.75) is 6.10 Å². The van der Waals surface area contributed by atoms with Crippen LogP contribution < -0.4 is 5.32 Å². The first-order valence-electron chi connectivity index (χ1n) is 4.22. The van der Waals surface area contributed by atoms with Crippen molar-refractivity contribution in [3.8, 4) is 0 Å². The monoisotopic (exact) mass is 221 g/mol. The lowest BCUT2D eigenvalue weighted by molar-refractivity contribution is 0.105. The Labute approximate surface area is 84.2 Å². The van der Waals surface area contributed by atoms with Gasteiger partial charge in [0.15, 0.2) is 11.6 Å². The van der Waals surface area contributed by atoms with Crippen LogP contribution in [0.5, 0.6) is 0 Å². The van der Waals surface area contributed by atoms with Gasteiger partial charge < -0.3 is 15.5 Å². The summed E-state index contributed by atoms with van der Waals surface area (Å²) in [6.07, 6.45) is -1.09. The molecule has 3 N–H and O–H groups in total. The van der Waals surface area contributed by atoms with Crippen molar-refractivity contribution in [3.63, 3.8) is 0 Å². The third-order valence-electron chi connectivity index (χ3n) is 1.75. The Morgan fingerprint density at radius 3 is 2.33 bits per heavy atom. The third-order valence-corrected chi connectivity index (χ3v) is 1.75. The molecule has 0 spiro atoms. The van der Waals surface area contributed by atoms with Gasteiger partial charge in [-0.15, -0.1) is 0 Å². The van der Waals surface area contributed by atoms with E-state index >= 15 is 0 Å². The number of aliphatic hydroxyl groups excluding tert-OH is 2. The second-order valence-electron chi connectivity index (χ2n) is 2.96. The summed E-state index contributed by atoms with van der Waals surface area (Å²) >= 11 is 0. The predicted molar refractivity (Wildman–Crippen MR) is 47.9 cm³/mol. The van der Waals surface area contributed by atoms with E-state index in [0.29, 0.717) is 12.1 Å². The maximum Gasteiger partial charge on any atom is 0.161 e. The van der Waals surface area contributed by atoms with Gasteiger partial charge in [0.25, 0.3) is 0 Å². The summed E-state index contributed by atoms with van der Waals surface area (Å²) in [4.78, 5) is 0. The van der Waals surface area contributed by atoms with Gasteiger partial charge in [0.1, 0.15) is 5.82 Å². The van der Waals surface area contributed by atoms with Crippen molar-refractivity contribution in [2.75, 3.05) is 18.5 Å². The molecule has 3 nitrogen and oxygen atoms in total. The lowest BCUT2D eigenvalue weighted by Gasteiger charge is -2.11. The largest absolute Gasteiger partial charge is 0.394 e. The van der Waals surface area contributed by atoms with Crippen LogP contribution in [0.1, 0.15) is 0 Å². The molecule has 1 aromatic carbocycles. The molecule has 6 heteroatoms. The number of benzene rings is 1. The molecule has 0 aromatic heterocycles. The highest BCUT2D eigenvalue weighted by atomic mass is 19.2. The molecule has 0 bridgehead atoms. The van der Waals surface area contributed by atoms with Crippen molar-refractivity contribution >= 4 is 5.69 Å². The number of halogens is 3. The molecule has 0 saturated carbocycles. The van der Waals surface area contributed by atoms with E-state index < -0.39 is 30.2 Å². The van der Waals surface area contributed by atoms with Crippen LogP contribution in [0, 0.1) is 17.5 Å². The van der Waals surface area contributed by atoms with Gasteiger partial charge in [0.2, 0.25) is 0 Å². The summed E-state index contributed by atoms with van der Waals surface area (Å²) in [7, 11) is 0. The van der Waals surface area contributed by atoms with Gasteiger partial charge >= 0.3 is 0 Å². The molecule has 0 aliphatic heterocycles. The summed E-state index contributed by atoms with van der Waals surface area (Å²) in [6, 6.07) is 1.05. The minimum absolute atomic E-state index is 0.154.